The zero-order chi connectivity index (χ0) is 14.5. The van der Waals surface area contributed by atoms with E-state index in [-0.39, 0.29) is 5.82 Å². The Morgan fingerprint density at radius 1 is 1.00 bits per heavy atom. The van der Waals surface area contributed by atoms with Crippen LogP contribution in [0.5, 0.6) is 0 Å². The summed E-state index contributed by atoms with van der Waals surface area (Å²) in [4.78, 5) is 11.4. The Labute approximate surface area is 130 Å². The number of rotatable bonds is 5. The molecule has 0 aromatic heterocycles. The van der Waals surface area contributed by atoms with Crippen molar-refractivity contribution in [3.8, 4) is 0 Å². The van der Waals surface area contributed by atoms with Crippen molar-refractivity contribution in [1.29, 1.82) is 0 Å². The van der Waals surface area contributed by atoms with Gasteiger partial charge in [0.05, 0.1) is 5.92 Å². The van der Waals surface area contributed by atoms with Crippen LogP contribution in [0, 0.1) is 15.3 Å². The fourth-order valence-corrected chi connectivity index (χ4v) is 2.42. The zero-order valence-electron chi connectivity index (χ0n) is 10.7. The summed E-state index contributed by atoms with van der Waals surface area (Å²) in [6, 6.07) is 13.8. The molecule has 0 aliphatic carbocycles. The Morgan fingerprint density at radius 3 is 1.90 bits per heavy atom. The normalized spacial score (nSPS) is 12.1. The molecule has 0 aliphatic heterocycles. The maximum absolute atomic E-state index is 12.9. The first-order valence-corrected chi connectivity index (χ1v) is 7.34. The maximum Gasteiger partial charge on any atom is 0.307 e. The summed E-state index contributed by atoms with van der Waals surface area (Å²) in [5.41, 5.74) is 1.84. The van der Waals surface area contributed by atoms with Crippen LogP contribution in [-0.2, 0) is 17.6 Å². The molecule has 0 radical (unpaired) electrons. The van der Waals surface area contributed by atoms with Crippen LogP contribution in [0.25, 0.3) is 0 Å². The lowest BCUT2D eigenvalue weighted by Crippen LogP contribution is -2.19. The maximum atomic E-state index is 12.9. The number of benzene rings is 2. The minimum Gasteiger partial charge on any atom is -0.481 e. The Kier molecular flexibility index (Phi) is 5.11. The molecule has 0 fully saturated rings. The molecule has 0 aliphatic rings. The highest BCUT2D eigenvalue weighted by atomic mass is 127. The van der Waals surface area contributed by atoms with Crippen molar-refractivity contribution in [1.82, 2.24) is 0 Å². The highest BCUT2D eigenvalue weighted by Crippen LogP contribution is 2.17. The third-order valence-electron chi connectivity index (χ3n) is 3.14. The lowest BCUT2D eigenvalue weighted by molar-refractivity contribution is -0.141. The number of hydrogen-bond acceptors (Lipinski definition) is 1. The van der Waals surface area contributed by atoms with Gasteiger partial charge < -0.3 is 5.11 Å². The lowest BCUT2D eigenvalue weighted by Gasteiger charge is -2.12. The Balaban J connectivity index is 2.09. The van der Waals surface area contributed by atoms with Gasteiger partial charge in [0.1, 0.15) is 5.82 Å². The van der Waals surface area contributed by atoms with E-state index in [0.29, 0.717) is 12.8 Å². The summed E-state index contributed by atoms with van der Waals surface area (Å²) in [5.74, 6) is -1.63. The smallest absolute Gasteiger partial charge is 0.307 e. The van der Waals surface area contributed by atoms with E-state index in [9.17, 15) is 14.3 Å². The van der Waals surface area contributed by atoms with Crippen molar-refractivity contribution in [2.45, 2.75) is 12.8 Å². The molecule has 0 saturated carbocycles. The molecule has 2 rings (SSSR count). The molecule has 0 spiro atoms. The van der Waals surface area contributed by atoms with Crippen LogP contribution >= 0.6 is 22.6 Å². The van der Waals surface area contributed by atoms with Gasteiger partial charge in [-0.15, -0.1) is 0 Å². The van der Waals surface area contributed by atoms with Gasteiger partial charge in [0.25, 0.3) is 0 Å². The SMILES string of the molecule is O=C(O)C(Cc1ccc(F)cc1)Cc1ccc(I)cc1. The zero-order valence-corrected chi connectivity index (χ0v) is 12.9. The Morgan fingerprint density at radius 2 is 1.45 bits per heavy atom. The van der Waals surface area contributed by atoms with Gasteiger partial charge in [0, 0.05) is 3.57 Å². The molecule has 104 valence electrons. The summed E-state index contributed by atoms with van der Waals surface area (Å²) >= 11 is 2.21. The molecule has 2 aromatic rings. The first-order valence-electron chi connectivity index (χ1n) is 6.26. The molecule has 0 saturated heterocycles. The number of aliphatic carboxylic acids is 1. The minimum absolute atomic E-state index is 0.307. The third-order valence-corrected chi connectivity index (χ3v) is 3.86. The topological polar surface area (TPSA) is 37.3 Å². The van der Waals surface area contributed by atoms with E-state index in [0.717, 1.165) is 14.7 Å². The molecular formula is C16H14FIO2. The second kappa shape index (κ2) is 6.83. The van der Waals surface area contributed by atoms with Gasteiger partial charge in [-0.3, -0.25) is 4.79 Å². The van der Waals surface area contributed by atoms with Gasteiger partial charge in [-0.25, -0.2) is 4.39 Å². The predicted octanol–water partition coefficient (Wildman–Crippen LogP) is 3.92. The van der Waals surface area contributed by atoms with Crippen LogP contribution < -0.4 is 0 Å². The first kappa shape index (κ1) is 15.0. The van der Waals surface area contributed by atoms with E-state index in [1.807, 2.05) is 24.3 Å². The van der Waals surface area contributed by atoms with Gasteiger partial charge in [0.2, 0.25) is 0 Å². The number of carboxylic acids is 1. The van der Waals surface area contributed by atoms with Crippen molar-refractivity contribution in [2.75, 3.05) is 0 Å². The van der Waals surface area contributed by atoms with Gasteiger partial charge in [-0.05, 0) is 70.8 Å². The fourth-order valence-electron chi connectivity index (χ4n) is 2.06. The highest BCUT2D eigenvalue weighted by molar-refractivity contribution is 14.1. The average Bonchev–Trinajstić information content (AvgIpc) is 2.42. The van der Waals surface area contributed by atoms with Gasteiger partial charge in [-0.1, -0.05) is 24.3 Å². The summed E-state index contributed by atoms with van der Waals surface area (Å²) in [5, 5.41) is 9.33. The molecule has 20 heavy (non-hydrogen) atoms. The summed E-state index contributed by atoms with van der Waals surface area (Å²) in [6.07, 6.45) is 0.880. The standard InChI is InChI=1S/C16H14FIO2/c17-14-5-1-11(2-6-14)9-13(16(19)20)10-12-3-7-15(18)8-4-12/h1-8,13H,9-10H2,(H,19,20). The molecule has 1 N–H and O–H groups in total. The quantitative estimate of drug-likeness (QED) is 0.794. The van der Waals surface area contributed by atoms with Gasteiger partial charge >= 0.3 is 5.97 Å². The minimum atomic E-state index is -0.826. The van der Waals surface area contributed by atoms with Crippen LogP contribution in [0.1, 0.15) is 11.1 Å². The second-order valence-corrected chi connectivity index (χ2v) is 5.94. The Hall–Kier alpha value is -1.43. The predicted molar refractivity (Wildman–Crippen MR) is 84.1 cm³/mol. The molecule has 1 unspecified atom stereocenters. The van der Waals surface area contributed by atoms with Crippen molar-refractivity contribution in [3.63, 3.8) is 0 Å². The van der Waals surface area contributed by atoms with E-state index in [2.05, 4.69) is 22.6 Å². The van der Waals surface area contributed by atoms with Crippen molar-refractivity contribution in [3.05, 3.63) is 69.0 Å². The summed E-state index contributed by atoms with van der Waals surface area (Å²) < 4.78 is 14.0. The average molecular weight is 384 g/mol. The van der Waals surface area contributed by atoms with Gasteiger partial charge in [0.15, 0.2) is 0 Å². The summed E-state index contributed by atoms with van der Waals surface area (Å²) in [7, 11) is 0. The van der Waals surface area contributed by atoms with Crippen LogP contribution in [-0.4, -0.2) is 11.1 Å². The molecule has 4 heteroatoms. The van der Waals surface area contributed by atoms with Crippen LogP contribution in [0.3, 0.4) is 0 Å². The molecule has 2 nitrogen and oxygen atoms in total. The number of hydrogen-bond donors (Lipinski definition) is 1. The monoisotopic (exact) mass is 384 g/mol. The molecule has 0 amide bonds. The second-order valence-electron chi connectivity index (χ2n) is 4.70. The van der Waals surface area contributed by atoms with E-state index in [1.54, 1.807) is 12.1 Å². The number of carboxylic acid groups (broad SMARTS) is 1. The molecule has 1 atom stereocenters. The first-order chi connectivity index (χ1) is 9.54. The van der Waals surface area contributed by atoms with E-state index < -0.39 is 11.9 Å². The van der Waals surface area contributed by atoms with E-state index in [1.165, 1.54) is 12.1 Å². The van der Waals surface area contributed by atoms with Crippen LogP contribution in [0.4, 0.5) is 4.39 Å². The largest absolute Gasteiger partial charge is 0.481 e. The molecule has 0 heterocycles. The fraction of sp³-hybridized carbons (Fsp3) is 0.188. The Bertz CT molecular complexity index is 531. The lowest BCUT2D eigenvalue weighted by atomic mass is 9.93. The van der Waals surface area contributed by atoms with Crippen molar-refractivity contribution in [2.24, 2.45) is 5.92 Å². The summed E-state index contributed by atoms with van der Waals surface area (Å²) in [6.45, 7) is 0. The van der Waals surface area contributed by atoms with Crippen LogP contribution in [0.2, 0.25) is 0 Å². The number of carbonyl (C=O) groups is 1. The molecule has 0 bridgehead atoms. The van der Waals surface area contributed by atoms with E-state index in [4.69, 9.17) is 0 Å². The molecule has 2 aromatic carbocycles. The highest BCUT2D eigenvalue weighted by Gasteiger charge is 2.18. The molecular weight excluding hydrogens is 370 g/mol. The number of halogens is 2. The van der Waals surface area contributed by atoms with Crippen LogP contribution in [0.15, 0.2) is 48.5 Å². The van der Waals surface area contributed by atoms with Crippen molar-refractivity contribution < 1.29 is 14.3 Å². The van der Waals surface area contributed by atoms with E-state index >= 15 is 0 Å². The third kappa shape index (κ3) is 4.30. The van der Waals surface area contributed by atoms with Gasteiger partial charge in [-0.2, -0.15) is 0 Å². The van der Waals surface area contributed by atoms with Crippen molar-refractivity contribution >= 4 is 28.6 Å².